The van der Waals surface area contributed by atoms with Crippen LogP contribution in [0.4, 0.5) is 4.79 Å². The van der Waals surface area contributed by atoms with Crippen molar-refractivity contribution in [3.8, 4) is 0 Å². The van der Waals surface area contributed by atoms with Crippen LogP contribution in [0.15, 0.2) is 30.3 Å². The van der Waals surface area contributed by atoms with E-state index in [0.29, 0.717) is 5.92 Å². The summed E-state index contributed by atoms with van der Waals surface area (Å²) in [5.41, 5.74) is 1.42. The monoisotopic (exact) mass is 316 g/mol. The van der Waals surface area contributed by atoms with E-state index in [2.05, 4.69) is 43.4 Å². The molecule has 126 valence electrons. The summed E-state index contributed by atoms with van der Waals surface area (Å²) in [6.07, 6.45) is 3.18. The van der Waals surface area contributed by atoms with E-state index in [9.17, 15) is 9.90 Å². The summed E-state index contributed by atoms with van der Waals surface area (Å²) >= 11 is 0. The molecule has 0 unspecified atom stereocenters. The number of aliphatic hydroxyl groups excluding tert-OH is 1. The molecule has 2 amide bonds. The van der Waals surface area contributed by atoms with Crippen molar-refractivity contribution < 1.29 is 9.90 Å². The maximum Gasteiger partial charge on any atom is 0.317 e. The molecule has 4 nitrogen and oxygen atoms in total. The molecule has 3 rings (SSSR count). The van der Waals surface area contributed by atoms with Gasteiger partial charge >= 0.3 is 6.03 Å². The lowest BCUT2D eigenvalue weighted by atomic mass is 9.66. The fourth-order valence-electron chi connectivity index (χ4n) is 3.92. The number of carbonyl (C=O) groups is 1. The van der Waals surface area contributed by atoms with Gasteiger partial charge in [0.1, 0.15) is 0 Å². The van der Waals surface area contributed by atoms with Crippen molar-refractivity contribution in [2.24, 2.45) is 5.92 Å². The van der Waals surface area contributed by atoms with E-state index in [4.69, 9.17) is 0 Å². The first-order chi connectivity index (χ1) is 11.0. The number of likely N-dealkylation sites (tertiary alicyclic amines) is 1. The summed E-state index contributed by atoms with van der Waals surface area (Å²) in [6, 6.07) is 10.8. The summed E-state index contributed by atoms with van der Waals surface area (Å²) in [7, 11) is 0. The Hall–Kier alpha value is -1.55. The Kier molecular flexibility index (Phi) is 4.62. The molecular weight excluding hydrogens is 288 g/mol. The van der Waals surface area contributed by atoms with Gasteiger partial charge in [-0.15, -0.1) is 0 Å². The van der Waals surface area contributed by atoms with Gasteiger partial charge in [0, 0.05) is 24.5 Å². The van der Waals surface area contributed by atoms with E-state index in [0.717, 1.165) is 38.8 Å². The first-order valence-corrected chi connectivity index (χ1v) is 8.80. The van der Waals surface area contributed by atoms with Gasteiger partial charge in [0.2, 0.25) is 0 Å². The second-order valence-electron chi connectivity index (χ2n) is 7.49. The van der Waals surface area contributed by atoms with Crippen LogP contribution in [-0.2, 0) is 5.41 Å². The molecule has 1 aliphatic heterocycles. The van der Waals surface area contributed by atoms with Crippen molar-refractivity contribution >= 4 is 6.03 Å². The Bertz CT molecular complexity index is 530. The summed E-state index contributed by atoms with van der Waals surface area (Å²) < 4.78 is 0. The number of nitrogens with one attached hydrogen (secondary N) is 1. The van der Waals surface area contributed by atoms with Gasteiger partial charge < -0.3 is 15.3 Å². The zero-order valence-electron chi connectivity index (χ0n) is 14.2. The Morgan fingerprint density at radius 1 is 1.17 bits per heavy atom. The Labute approximate surface area is 138 Å². The van der Waals surface area contributed by atoms with Crippen molar-refractivity contribution in [3.63, 3.8) is 0 Å². The number of rotatable bonds is 3. The number of urea groups is 1. The molecule has 1 saturated carbocycles. The van der Waals surface area contributed by atoms with E-state index >= 15 is 0 Å². The predicted octanol–water partition coefficient (Wildman–Crippen LogP) is 2.91. The number of hydrogen-bond acceptors (Lipinski definition) is 2. The van der Waals surface area contributed by atoms with E-state index in [-0.39, 0.29) is 23.6 Å². The third-order valence-electron chi connectivity index (χ3n) is 5.71. The van der Waals surface area contributed by atoms with Crippen molar-refractivity contribution in [3.05, 3.63) is 35.9 Å². The second-order valence-corrected chi connectivity index (χ2v) is 7.49. The van der Waals surface area contributed by atoms with Crippen molar-refractivity contribution in [2.75, 3.05) is 13.1 Å². The minimum atomic E-state index is -0.182. The lowest BCUT2D eigenvalue weighted by Crippen LogP contribution is -2.66. The zero-order chi connectivity index (χ0) is 16.4. The lowest BCUT2D eigenvalue weighted by Gasteiger charge is -2.53. The smallest absolute Gasteiger partial charge is 0.317 e. The van der Waals surface area contributed by atoms with Gasteiger partial charge in [0.15, 0.2) is 0 Å². The molecule has 0 bridgehead atoms. The van der Waals surface area contributed by atoms with E-state index in [1.165, 1.54) is 5.56 Å². The lowest BCUT2D eigenvalue weighted by molar-refractivity contribution is 0.0548. The molecule has 0 spiro atoms. The maximum atomic E-state index is 12.5. The minimum Gasteiger partial charge on any atom is -0.393 e. The molecule has 1 heterocycles. The number of benzene rings is 1. The molecule has 1 aliphatic carbocycles. The van der Waals surface area contributed by atoms with Crippen LogP contribution in [0.25, 0.3) is 0 Å². The van der Waals surface area contributed by atoms with Gasteiger partial charge in [-0.3, -0.25) is 0 Å². The molecule has 0 radical (unpaired) electrons. The average molecular weight is 316 g/mol. The van der Waals surface area contributed by atoms with Crippen LogP contribution in [-0.4, -0.2) is 41.3 Å². The molecule has 4 heteroatoms. The minimum absolute atomic E-state index is 0.0543. The molecule has 23 heavy (non-hydrogen) atoms. The Morgan fingerprint density at radius 2 is 1.78 bits per heavy atom. The third kappa shape index (κ3) is 3.23. The van der Waals surface area contributed by atoms with Crippen LogP contribution < -0.4 is 5.32 Å². The fraction of sp³-hybridized carbons (Fsp3) is 0.632. The van der Waals surface area contributed by atoms with Crippen molar-refractivity contribution in [1.29, 1.82) is 0 Å². The molecule has 2 N–H and O–H groups in total. The first kappa shape index (κ1) is 16.3. The quantitative estimate of drug-likeness (QED) is 0.901. The van der Waals surface area contributed by atoms with Crippen LogP contribution >= 0.6 is 0 Å². The highest BCUT2D eigenvalue weighted by Crippen LogP contribution is 2.41. The normalized spacial score (nSPS) is 26.7. The topological polar surface area (TPSA) is 52.6 Å². The Balaban J connectivity index is 1.59. The molecular formula is C19H28N2O2. The zero-order valence-corrected chi connectivity index (χ0v) is 14.2. The van der Waals surface area contributed by atoms with Crippen LogP contribution in [0.1, 0.15) is 45.1 Å². The van der Waals surface area contributed by atoms with Crippen molar-refractivity contribution in [2.45, 2.75) is 57.1 Å². The van der Waals surface area contributed by atoms with Gasteiger partial charge in [-0.25, -0.2) is 4.79 Å². The molecule has 1 aromatic carbocycles. The Morgan fingerprint density at radius 3 is 2.35 bits per heavy atom. The number of aliphatic hydroxyl groups is 1. The summed E-state index contributed by atoms with van der Waals surface area (Å²) in [5, 5.41) is 12.7. The molecule has 0 atom stereocenters. The summed E-state index contributed by atoms with van der Waals surface area (Å²) in [6.45, 7) is 6.06. The predicted molar refractivity (Wildman–Crippen MR) is 91.3 cm³/mol. The van der Waals surface area contributed by atoms with Crippen LogP contribution in [0.3, 0.4) is 0 Å². The first-order valence-electron chi connectivity index (χ1n) is 8.80. The maximum absolute atomic E-state index is 12.5. The number of amides is 2. The highest BCUT2D eigenvalue weighted by molar-refractivity contribution is 5.76. The van der Waals surface area contributed by atoms with Gasteiger partial charge in [-0.2, -0.15) is 0 Å². The SMILES string of the molecule is CC(C)C1(c2ccccc2)CN(C(=O)NC2CCC(O)CC2)C1. The number of carbonyl (C=O) groups excluding carboxylic acids is 1. The summed E-state index contributed by atoms with van der Waals surface area (Å²) in [5.74, 6) is 0.499. The highest BCUT2D eigenvalue weighted by atomic mass is 16.3. The van der Waals surface area contributed by atoms with E-state index in [1.807, 2.05) is 11.0 Å². The third-order valence-corrected chi connectivity index (χ3v) is 5.71. The van der Waals surface area contributed by atoms with Gasteiger partial charge in [-0.1, -0.05) is 44.2 Å². The molecule has 0 aromatic heterocycles. The van der Waals surface area contributed by atoms with E-state index in [1.54, 1.807) is 0 Å². The number of hydrogen-bond donors (Lipinski definition) is 2. The molecule has 1 saturated heterocycles. The number of nitrogens with zero attached hydrogens (tertiary/aromatic N) is 1. The van der Waals surface area contributed by atoms with Gasteiger partial charge in [-0.05, 0) is 37.2 Å². The van der Waals surface area contributed by atoms with Gasteiger partial charge in [0.05, 0.1) is 6.10 Å². The highest BCUT2D eigenvalue weighted by Gasteiger charge is 2.48. The van der Waals surface area contributed by atoms with Crippen LogP contribution in [0, 0.1) is 5.92 Å². The largest absolute Gasteiger partial charge is 0.393 e. The van der Waals surface area contributed by atoms with Crippen molar-refractivity contribution in [1.82, 2.24) is 10.2 Å². The van der Waals surface area contributed by atoms with Gasteiger partial charge in [0.25, 0.3) is 0 Å². The van der Waals surface area contributed by atoms with E-state index < -0.39 is 0 Å². The second kappa shape index (κ2) is 6.52. The van der Waals surface area contributed by atoms with Crippen LogP contribution in [0.5, 0.6) is 0 Å². The molecule has 1 aromatic rings. The fourth-order valence-corrected chi connectivity index (χ4v) is 3.92. The average Bonchev–Trinajstić information content (AvgIpc) is 2.49. The molecule has 2 fully saturated rings. The molecule has 2 aliphatic rings. The summed E-state index contributed by atoms with van der Waals surface area (Å²) in [4.78, 5) is 14.4. The standard InChI is InChI=1S/C19H28N2O2/c1-14(2)19(15-6-4-3-5-7-15)12-21(13-19)18(23)20-16-8-10-17(22)11-9-16/h3-7,14,16-17,22H,8-13H2,1-2H3,(H,20,23). The van der Waals surface area contributed by atoms with Crippen LogP contribution in [0.2, 0.25) is 0 Å².